The fraction of sp³-hybridized carbons (Fsp3) is 0.500. The van der Waals surface area contributed by atoms with Gasteiger partial charge in [0.15, 0.2) is 16.4 Å². The molecular weight excluding hydrogens is 508 g/mol. The predicted molar refractivity (Wildman–Crippen MR) is 141 cm³/mol. The van der Waals surface area contributed by atoms with Gasteiger partial charge in [0.25, 0.3) is 5.91 Å². The number of carbonyl (C=O) groups excluding carboxylic acids is 2. The Labute approximate surface area is 223 Å². The van der Waals surface area contributed by atoms with Gasteiger partial charge in [-0.2, -0.15) is 0 Å². The molecule has 0 saturated carbocycles. The Balaban J connectivity index is 1.34. The molecule has 1 fully saturated rings. The molecule has 2 aromatic rings. The first-order valence-corrected chi connectivity index (χ1v) is 14.7. The van der Waals surface area contributed by atoms with Crippen LogP contribution in [0, 0.1) is 5.41 Å². The molecule has 0 aromatic heterocycles. The lowest BCUT2D eigenvalue weighted by atomic mass is 9.73. The van der Waals surface area contributed by atoms with Gasteiger partial charge in [-0.1, -0.05) is 36.4 Å². The second kappa shape index (κ2) is 12.3. The Hall–Kier alpha value is -2.95. The summed E-state index contributed by atoms with van der Waals surface area (Å²) in [5.41, 5.74) is 0.235. The van der Waals surface area contributed by atoms with Crippen LogP contribution in [0.3, 0.4) is 0 Å². The van der Waals surface area contributed by atoms with Crippen LogP contribution in [-0.2, 0) is 25.8 Å². The normalized spacial score (nSPS) is 22.4. The first-order chi connectivity index (χ1) is 18.2. The summed E-state index contributed by atoms with van der Waals surface area (Å²) in [4.78, 5) is 27.3. The van der Waals surface area contributed by atoms with Crippen LogP contribution < -0.4 is 10.1 Å². The number of para-hydroxylation sites is 1. The summed E-state index contributed by atoms with van der Waals surface area (Å²) < 4.78 is 30.7. The van der Waals surface area contributed by atoms with Gasteiger partial charge in [-0.3, -0.25) is 9.59 Å². The van der Waals surface area contributed by atoms with E-state index in [4.69, 9.17) is 4.74 Å². The number of nitrogens with one attached hydrogen (secondary N) is 1. The fourth-order valence-electron chi connectivity index (χ4n) is 5.24. The van der Waals surface area contributed by atoms with E-state index in [-0.39, 0.29) is 54.8 Å². The lowest BCUT2D eigenvalue weighted by molar-refractivity contribution is -0.135. The fourth-order valence-corrected chi connectivity index (χ4v) is 6.57. The number of carbonyl (C=O) groups is 2. The standard InChI is InChI=1S/C28H36N2O7S/c31-23-17-21-7-4-5-10-25(21)37-19-26(33)29-20-28(18-24(23)32)12-14-30(15-13-28)27(34)11-6-16-38(35,36)22-8-2-1-3-9-22/h1-5,7-10,23-24,31-32H,6,11-20H2,(H,29,33)/t23-,24+/m0/s1. The third-order valence-corrected chi connectivity index (χ3v) is 9.41. The average molecular weight is 545 g/mol. The molecule has 206 valence electrons. The zero-order valence-electron chi connectivity index (χ0n) is 21.4. The first kappa shape index (κ1) is 28.1. The molecular formula is C28H36N2O7S. The van der Waals surface area contributed by atoms with Crippen LogP contribution in [0.15, 0.2) is 59.5 Å². The number of likely N-dealkylation sites (tertiary alicyclic amines) is 1. The molecule has 1 saturated heterocycles. The van der Waals surface area contributed by atoms with Crippen LogP contribution in [0.4, 0.5) is 0 Å². The minimum atomic E-state index is -3.44. The van der Waals surface area contributed by atoms with Gasteiger partial charge in [0.2, 0.25) is 5.91 Å². The molecule has 0 bridgehead atoms. The van der Waals surface area contributed by atoms with E-state index in [0.717, 1.165) is 5.56 Å². The topological polar surface area (TPSA) is 133 Å². The van der Waals surface area contributed by atoms with Crippen molar-refractivity contribution in [3.63, 3.8) is 0 Å². The third-order valence-electron chi connectivity index (χ3n) is 7.59. The number of piperidine rings is 1. The van der Waals surface area contributed by atoms with Gasteiger partial charge >= 0.3 is 0 Å². The Bertz CT molecular complexity index is 1210. The highest BCUT2D eigenvalue weighted by atomic mass is 32.2. The maximum absolute atomic E-state index is 12.8. The largest absolute Gasteiger partial charge is 0.483 e. The minimum absolute atomic E-state index is 0.0954. The van der Waals surface area contributed by atoms with Crippen molar-refractivity contribution in [2.45, 2.75) is 55.6 Å². The molecule has 0 aliphatic carbocycles. The molecule has 2 atom stereocenters. The highest BCUT2D eigenvalue weighted by Crippen LogP contribution is 2.37. The first-order valence-electron chi connectivity index (χ1n) is 13.1. The summed E-state index contributed by atoms with van der Waals surface area (Å²) in [7, 11) is -3.44. The van der Waals surface area contributed by atoms with Gasteiger partial charge in [0, 0.05) is 32.5 Å². The molecule has 2 heterocycles. The molecule has 2 aliphatic heterocycles. The van der Waals surface area contributed by atoms with Gasteiger partial charge in [0.05, 0.1) is 22.9 Å². The smallest absolute Gasteiger partial charge is 0.257 e. The number of benzene rings is 2. The van der Waals surface area contributed by atoms with Crippen LogP contribution in [0.1, 0.15) is 37.7 Å². The Kier molecular flexibility index (Phi) is 9.07. The van der Waals surface area contributed by atoms with Crippen molar-refractivity contribution in [1.29, 1.82) is 0 Å². The number of aliphatic hydroxyl groups is 2. The molecule has 2 aliphatic rings. The second-order valence-corrected chi connectivity index (χ2v) is 12.4. The number of sulfone groups is 1. The van der Waals surface area contributed by atoms with Crippen LogP contribution in [-0.4, -0.2) is 79.5 Å². The lowest BCUT2D eigenvalue weighted by Gasteiger charge is -2.43. The average Bonchev–Trinajstić information content (AvgIpc) is 2.91. The Morgan fingerprint density at radius 3 is 2.45 bits per heavy atom. The van der Waals surface area contributed by atoms with Crippen molar-refractivity contribution in [1.82, 2.24) is 10.2 Å². The summed E-state index contributed by atoms with van der Waals surface area (Å²) in [5.74, 6) is 0.0355. The van der Waals surface area contributed by atoms with Crippen molar-refractivity contribution in [2.75, 3.05) is 32.0 Å². The SMILES string of the molecule is O=C1COc2ccccc2C[C@H](O)[C@H](O)CC2(CCN(C(=O)CCCS(=O)(=O)c3ccccc3)CC2)CN1. The number of hydrogen-bond acceptors (Lipinski definition) is 7. The van der Waals surface area contributed by atoms with E-state index in [2.05, 4.69) is 5.32 Å². The molecule has 4 rings (SSSR count). The molecule has 38 heavy (non-hydrogen) atoms. The van der Waals surface area contributed by atoms with Gasteiger partial charge in [-0.15, -0.1) is 0 Å². The van der Waals surface area contributed by atoms with Crippen molar-refractivity contribution < 1.29 is 33.0 Å². The van der Waals surface area contributed by atoms with E-state index >= 15 is 0 Å². The van der Waals surface area contributed by atoms with Crippen molar-refractivity contribution >= 4 is 21.7 Å². The van der Waals surface area contributed by atoms with Gasteiger partial charge in [-0.05, 0) is 54.9 Å². The van der Waals surface area contributed by atoms with E-state index in [9.17, 15) is 28.2 Å². The monoisotopic (exact) mass is 544 g/mol. The molecule has 2 aromatic carbocycles. The number of aliphatic hydroxyl groups excluding tert-OH is 2. The Morgan fingerprint density at radius 2 is 1.71 bits per heavy atom. The summed E-state index contributed by atoms with van der Waals surface area (Å²) in [6.45, 7) is 1.02. The molecule has 0 radical (unpaired) electrons. The van der Waals surface area contributed by atoms with Gasteiger partial charge in [-0.25, -0.2) is 8.42 Å². The summed E-state index contributed by atoms with van der Waals surface area (Å²) in [6.07, 6.45) is -0.0673. The molecule has 9 nitrogen and oxygen atoms in total. The number of hydrogen-bond donors (Lipinski definition) is 3. The van der Waals surface area contributed by atoms with E-state index < -0.39 is 27.5 Å². The molecule has 0 unspecified atom stereocenters. The maximum Gasteiger partial charge on any atom is 0.257 e. The number of fused-ring (bicyclic) bond motifs is 1. The second-order valence-electron chi connectivity index (χ2n) is 10.3. The predicted octanol–water partition coefficient (Wildman–Crippen LogP) is 1.71. The lowest BCUT2D eigenvalue weighted by Crippen LogP contribution is -2.51. The van der Waals surface area contributed by atoms with E-state index in [1.54, 1.807) is 53.4 Å². The number of nitrogens with zero attached hydrogens (tertiary/aromatic N) is 1. The maximum atomic E-state index is 12.8. The molecule has 10 heteroatoms. The highest BCUT2D eigenvalue weighted by Gasteiger charge is 2.39. The van der Waals surface area contributed by atoms with Gasteiger partial charge < -0.3 is 25.2 Å². The number of ether oxygens (including phenoxy) is 1. The van der Waals surface area contributed by atoms with Crippen LogP contribution >= 0.6 is 0 Å². The minimum Gasteiger partial charge on any atom is -0.483 e. The van der Waals surface area contributed by atoms with Crippen LogP contribution in [0.2, 0.25) is 0 Å². The third kappa shape index (κ3) is 7.12. The zero-order chi connectivity index (χ0) is 27.2. The zero-order valence-corrected chi connectivity index (χ0v) is 22.2. The molecule has 1 spiro atoms. The summed E-state index contributed by atoms with van der Waals surface area (Å²) in [5, 5.41) is 24.6. The molecule has 3 N–H and O–H groups in total. The van der Waals surface area contributed by atoms with E-state index in [1.807, 2.05) is 6.07 Å². The van der Waals surface area contributed by atoms with Crippen LogP contribution in [0.25, 0.3) is 0 Å². The Morgan fingerprint density at radius 1 is 1.03 bits per heavy atom. The van der Waals surface area contributed by atoms with Crippen molar-refractivity contribution in [3.8, 4) is 5.75 Å². The molecule has 2 amide bonds. The highest BCUT2D eigenvalue weighted by molar-refractivity contribution is 7.91. The van der Waals surface area contributed by atoms with E-state index in [1.165, 1.54) is 0 Å². The van der Waals surface area contributed by atoms with Crippen molar-refractivity contribution in [3.05, 3.63) is 60.2 Å². The number of amides is 2. The van der Waals surface area contributed by atoms with Gasteiger partial charge in [0.1, 0.15) is 5.75 Å². The van der Waals surface area contributed by atoms with E-state index in [0.29, 0.717) is 38.2 Å². The van der Waals surface area contributed by atoms with Crippen LogP contribution in [0.5, 0.6) is 5.75 Å². The summed E-state index contributed by atoms with van der Waals surface area (Å²) >= 11 is 0. The van der Waals surface area contributed by atoms with Crippen molar-refractivity contribution in [2.24, 2.45) is 5.41 Å². The summed E-state index contributed by atoms with van der Waals surface area (Å²) in [6, 6.07) is 15.4. The quantitative estimate of drug-likeness (QED) is 0.522. The number of rotatable bonds is 5.